The summed E-state index contributed by atoms with van der Waals surface area (Å²) in [5, 5.41) is 8.81. The van der Waals surface area contributed by atoms with E-state index in [1.165, 1.54) is 0 Å². The van der Waals surface area contributed by atoms with Gasteiger partial charge in [-0.15, -0.1) is 0 Å². The Morgan fingerprint density at radius 3 is 2.25 bits per heavy atom. The minimum atomic E-state index is -0.0500. The van der Waals surface area contributed by atoms with Gasteiger partial charge in [-0.1, -0.05) is 0 Å². The number of hydrogen-bond donors (Lipinski definition) is 2. The van der Waals surface area contributed by atoms with Crippen molar-refractivity contribution in [2.75, 3.05) is 0 Å². The molecule has 0 amide bonds. The summed E-state index contributed by atoms with van der Waals surface area (Å²) in [5.41, 5.74) is 5.55. The number of aliphatic hydroxyl groups is 1. The van der Waals surface area contributed by atoms with Crippen LogP contribution in [0.4, 0.5) is 0 Å². The molecule has 0 spiro atoms. The fourth-order valence-electron chi connectivity index (χ4n) is 1.06. The molecule has 48 valence electrons. The second kappa shape index (κ2) is 2.03. The Balaban J connectivity index is 2.15. The highest BCUT2D eigenvalue weighted by atomic mass is 16.3. The van der Waals surface area contributed by atoms with E-state index >= 15 is 0 Å². The second-order valence-electron chi connectivity index (χ2n) is 2.74. The van der Waals surface area contributed by atoms with Crippen molar-refractivity contribution >= 4 is 0 Å². The van der Waals surface area contributed by atoms with Gasteiger partial charge in [0.25, 0.3) is 0 Å². The summed E-state index contributed by atoms with van der Waals surface area (Å²) < 4.78 is 0. The Morgan fingerprint density at radius 1 is 1.62 bits per heavy atom. The van der Waals surface area contributed by atoms with E-state index in [-0.39, 0.29) is 12.1 Å². The van der Waals surface area contributed by atoms with Crippen molar-refractivity contribution in [1.82, 2.24) is 0 Å². The molecule has 1 rings (SSSR count). The van der Waals surface area contributed by atoms with Gasteiger partial charge in [0.15, 0.2) is 0 Å². The molecule has 1 aliphatic rings. The Bertz CT molecular complexity index is 76.6. The first-order valence-electron chi connectivity index (χ1n) is 3.14. The predicted octanol–water partition coefficient (Wildman–Crippen LogP) is 0.104. The molecule has 0 bridgehead atoms. The highest BCUT2D eigenvalue weighted by Crippen LogP contribution is 2.28. The number of aliphatic hydroxyl groups excluding tert-OH is 1. The van der Waals surface area contributed by atoms with Crippen LogP contribution in [0.2, 0.25) is 0 Å². The van der Waals surface area contributed by atoms with Crippen LogP contribution in [0.5, 0.6) is 0 Å². The van der Waals surface area contributed by atoms with Crippen LogP contribution in [0.1, 0.15) is 19.8 Å². The number of rotatable bonds is 1. The van der Waals surface area contributed by atoms with E-state index in [9.17, 15) is 0 Å². The third-order valence-electron chi connectivity index (χ3n) is 1.89. The Kier molecular flexibility index (Phi) is 1.54. The van der Waals surface area contributed by atoms with Crippen molar-refractivity contribution in [3.63, 3.8) is 0 Å². The van der Waals surface area contributed by atoms with Crippen LogP contribution in [0.3, 0.4) is 0 Å². The molecular formula is C6H13NO. The molecule has 0 aliphatic heterocycles. The zero-order valence-corrected chi connectivity index (χ0v) is 5.17. The van der Waals surface area contributed by atoms with Crippen LogP contribution in [-0.2, 0) is 0 Å². The van der Waals surface area contributed by atoms with Crippen LogP contribution in [0.25, 0.3) is 0 Å². The van der Waals surface area contributed by atoms with Gasteiger partial charge in [0, 0.05) is 6.04 Å². The highest BCUT2D eigenvalue weighted by molar-refractivity contribution is 4.83. The molecule has 0 aromatic rings. The zero-order valence-electron chi connectivity index (χ0n) is 5.17. The Labute approximate surface area is 49.7 Å². The molecule has 3 N–H and O–H groups in total. The molecule has 1 fully saturated rings. The van der Waals surface area contributed by atoms with Gasteiger partial charge in [0.05, 0.1) is 6.10 Å². The van der Waals surface area contributed by atoms with E-state index < -0.39 is 0 Å². The maximum absolute atomic E-state index is 8.81. The first-order chi connectivity index (χ1) is 3.70. The molecule has 0 heterocycles. The monoisotopic (exact) mass is 115 g/mol. The fourth-order valence-corrected chi connectivity index (χ4v) is 1.06. The SMILES string of the molecule is CC(N)[C@H]1C[C@H](O)C1. The lowest BCUT2D eigenvalue weighted by Gasteiger charge is -2.33. The smallest absolute Gasteiger partial charge is 0.0546 e. The summed E-state index contributed by atoms with van der Waals surface area (Å²) in [6.45, 7) is 2.00. The quantitative estimate of drug-likeness (QED) is 0.509. The Morgan fingerprint density at radius 2 is 2.12 bits per heavy atom. The van der Waals surface area contributed by atoms with Crippen LogP contribution in [0, 0.1) is 5.92 Å². The fraction of sp³-hybridized carbons (Fsp3) is 1.00. The number of nitrogens with two attached hydrogens (primary N) is 1. The van der Waals surface area contributed by atoms with E-state index in [1.807, 2.05) is 6.92 Å². The van der Waals surface area contributed by atoms with Gasteiger partial charge in [0.1, 0.15) is 0 Å². The highest BCUT2D eigenvalue weighted by Gasteiger charge is 2.29. The third-order valence-corrected chi connectivity index (χ3v) is 1.89. The molecule has 0 aromatic carbocycles. The minimum Gasteiger partial charge on any atom is -0.393 e. The van der Waals surface area contributed by atoms with Crippen LogP contribution in [0.15, 0.2) is 0 Å². The summed E-state index contributed by atoms with van der Waals surface area (Å²) in [6, 6.07) is 0.276. The number of hydrogen-bond acceptors (Lipinski definition) is 2. The minimum absolute atomic E-state index is 0.0500. The maximum atomic E-state index is 8.81. The van der Waals surface area contributed by atoms with Gasteiger partial charge in [-0.3, -0.25) is 0 Å². The molecule has 1 atom stereocenters. The average Bonchev–Trinajstić information content (AvgIpc) is 1.57. The van der Waals surface area contributed by atoms with Crippen molar-refractivity contribution in [2.45, 2.75) is 31.9 Å². The Hall–Kier alpha value is -0.0800. The predicted molar refractivity (Wildman–Crippen MR) is 32.4 cm³/mol. The molecule has 1 aliphatic carbocycles. The lowest BCUT2D eigenvalue weighted by Crippen LogP contribution is -2.39. The van der Waals surface area contributed by atoms with Crippen molar-refractivity contribution in [3.8, 4) is 0 Å². The van der Waals surface area contributed by atoms with Gasteiger partial charge in [-0.2, -0.15) is 0 Å². The summed E-state index contributed by atoms with van der Waals surface area (Å²) in [5.74, 6) is 0.588. The zero-order chi connectivity index (χ0) is 6.15. The molecular weight excluding hydrogens is 102 g/mol. The van der Waals surface area contributed by atoms with E-state index in [4.69, 9.17) is 10.8 Å². The van der Waals surface area contributed by atoms with E-state index in [2.05, 4.69) is 0 Å². The van der Waals surface area contributed by atoms with Crippen LogP contribution >= 0.6 is 0 Å². The summed E-state index contributed by atoms with van der Waals surface area (Å²) >= 11 is 0. The molecule has 2 heteroatoms. The second-order valence-corrected chi connectivity index (χ2v) is 2.74. The normalized spacial score (nSPS) is 40.9. The molecule has 1 saturated carbocycles. The maximum Gasteiger partial charge on any atom is 0.0546 e. The first-order valence-corrected chi connectivity index (χ1v) is 3.14. The molecule has 0 aromatic heterocycles. The van der Waals surface area contributed by atoms with Crippen LogP contribution in [-0.4, -0.2) is 17.3 Å². The van der Waals surface area contributed by atoms with Gasteiger partial charge in [0.2, 0.25) is 0 Å². The van der Waals surface area contributed by atoms with Gasteiger partial charge >= 0.3 is 0 Å². The lowest BCUT2D eigenvalue weighted by molar-refractivity contribution is 0.0337. The third kappa shape index (κ3) is 1.01. The van der Waals surface area contributed by atoms with Crippen molar-refractivity contribution in [3.05, 3.63) is 0 Å². The standard InChI is InChI=1S/C6H13NO/c1-4(7)5-2-6(8)3-5/h4-6,8H,2-3,7H2,1H3/t4?,5-,6-. The van der Waals surface area contributed by atoms with Crippen molar-refractivity contribution in [1.29, 1.82) is 0 Å². The summed E-state index contributed by atoms with van der Waals surface area (Å²) in [6.07, 6.45) is 1.78. The molecule has 2 nitrogen and oxygen atoms in total. The summed E-state index contributed by atoms with van der Waals surface area (Å²) in [4.78, 5) is 0. The van der Waals surface area contributed by atoms with E-state index in [0.29, 0.717) is 5.92 Å². The van der Waals surface area contributed by atoms with E-state index in [1.54, 1.807) is 0 Å². The largest absolute Gasteiger partial charge is 0.393 e. The van der Waals surface area contributed by atoms with E-state index in [0.717, 1.165) is 12.8 Å². The van der Waals surface area contributed by atoms with Crippen LogP contribution < -0.4 is 5.73 Å². The van der Waals surface area contributed by atoms with Crippen molar-refractivity contribution < 1.29 is 5.11 Å². The average molecular weight is 115 g/mol. The topological polar surface area (TPSA) is 46.2 Å². The van der Waals surface area contributed by atoms with Gasteiger partial charge in [-0.05, 0) is 25.7 Å². The summed E-state index contributed by atoms with van der Waals surface area (Å²) in [7, 11) is 0. The molecule has 8 heavy (non-hydrogen) atoms. The van der Waals surface area contributed by atoms with Gasteiger partial charge in [-0.25, -0.2) is 0 Å². The molecule has 0 radical (unpaired) electrons. The first kappa shape index (κ1) is 6.05. The molecule has 1 unspecified atom stereocenters. The molecule has 0 saturated heterocycles. The van der Waals surface area contributed by atoms with Crippen molar-refractivity contribution in [2.24, 2.45) is 11.7 Å². The van der Waals surface area contributed by atoms with Gasteiger partial charge < -0.3 is 10.8 Å². The lowest BCUT2D eigenvalue weighted by atomic mass is 9.78.